The largest absolute Gasteiger partial charge is 0.383 e. The van der Waals surface area contributed by atoms with Gasteiger partial charge in [0.15, 0.2) is 0 Å². The van der Waals surface area contributed by atoms with Gasteiger partial charge in [0, 0.05) is 18.5 Å². The average molecular weight is 255 g/mol. The Labute approximate surface area is 114 Å². The normalized spacial score (nSPS) is 16.1. The lowest BCUT2D eigenvalue weighted by atomic mass is 10.1. The number of anilines is 1. The molecule has 0 atom stereocenters. The molecule has 1 aromatic carbocycles. The Bertz CT molecular complexity index is 592. The lowest BCUT2D eigenvalue weighted by Gasteiger charge is -2.08. The predicted octanol–water partition coefficient (Wildman–Crippen LogP) is 3.64. The van der Waals surface area contributed by atoms with Crippen LogP contribution in [0.15, 0.2) is 24.3 Å². The maximum absolute atomic E-state index is 6.27. The summed E-state index contributed by atoms with van der Waals surface area (Å²) in [6, 6.07) is 8.31. The molecule has 1 fully saturated rings. The molecule has 0 amide bonds. The van der Waals surface area contributed by atoms with Crippen molar-refractivity contribution in [3.8, 4) is 11.3 Å². The number of nitrogen functional groups attached to an aromatic ring is 1. The van der Waals surface area contributed by atoms with Gasteiger partial charge in [-0.25, -0.2) is 4.98 Å². The van der Waals surface area contributed by atoms with Crippen LogP contribution in [-0.4, -0.2) is 9.55 Å². The van der Waals surface area contributed by atoms with Crippen LogP contribution in [0.4, 0.5) is 5.82 Å². The van der Waals surface area contributed by atoms with E-state index in [-0.39, 0.29) is 0 Å². The Morgan fingerprint density at radius 2 is 1.89 bits per heavy atom. The Balaban J connectivity index is 2.08. The van der Waals surface area contributed by atoms with Crippen molar-refractivity contribution < 1.29 is 0 Å². The van der Waals surface area contributed by atoms with Gasteiger partial charge in [0.05, 0.1) is 0 Å². The van der Waals surface area contributed by atoms with Crippen LogP contribution in [0.3, 0.4) is 0 Å². The van der Waals surface area contributed by atoms with Gasteiger partial charge in [-0.3, -0.25) is 0 Å². The Morgan fingerprint density at radius 3 is 2.58 bits per heavy atom. The zero-order valence-corrected chi connectivity index (χ0v) is 11.7. The molecule has 2 aromatic rings. The molecular formula is C16H21N3. The highest BCUT2D eigenvalue weighted by Gasteiger charge is 2.24. The molecule has 1 aromatic heterocycles. The fraction of sp³-hybridized carbons (Fsp3) is 0.438. The van der Waals surface area contributed by atoms with Crippen LogP contribution in [0.25, 0.3) is 11.3 Å². The summed E-state index contributed by atoms with van der Waals surface area (Å²) in [6.07, 6.45) is 5.13. The zero-order chi connectivity index (χ0) is 13.4. The third-order valence-corrected chi connectivity index (χ3v) is 4.29. The van der Waals surface area contributed by atoms with Crippen molar-refractivity contribution in [2.24, 2.45) is 7.05 Å². The van der Waals surface area contributed by atoms with Crippen LogP contribution in [0.5, 0.6) is 0 Å². The molecular weight excluding hydrogens is 234 g/mol. The van der Waals surface area contributed by atoms with Crippen LogP contribution < -0.4 is 5.73 Å². The van der Waals surface area contributed by atoms with Crippen molar-refractivity contribution in [2.75, 3.05) is 5.73 Å². The lowest BCUT2D eigenvalue weighted by molar-refractivity contribution is 0.635. The minimum Gasteiger partial charge on any atom is -0.383 e. The van der Waals surface area contributed by atoms with Gasteiger partial charge in [-0.15, -0.1) is 0 Å². The van der Waals surface area contributed by atoms with Gasteiger partial charge >= 0.3 is 0 Å². The van der Waals surface area contributed by atoms with Crippen LogP contribution in [0, 0.1) is 6.92 Å². The van der Waals surface area contributed by atoms with Crippen LogP contribution in [-0.2, 0) is 7.05 Å². The van der Waals surface area contributed by atoms with Gasteiger partial charge in [0.2, 0.25) is 0 Å². The summed E-state index contributed by atoms with van der Waals surface area (Å²) >= 11 is 0. The van der Waals surface area contributed by atoms with Crippen molar-refractivity contribution in [1.29, 1.82) is 0 Å². The predicted molar refractivity (Wildman–Crippen MR) is 79.0 cm³/mol. The standard InChI is InChI=1S/C16H21N3/c1-11-7-3-6-10-13(11)14-15(17)19(2)16(18-14)12-8-4-5-9-12/h3,6-7,10,12H,4-5,8-9,17H2,1-2H3. The Morgan fingerprint density at radius 1 is 1.21 bits per heavy atom. The molecule has 3 nitrogen and oxygen atoms in total. The molecule has 19 heavy (non-hydrogen) atoms. The van der Waals surface area contributed by atoms with Gasteiger partial charge in [0.25, 0.3) is 0 Å². The number of hydrogen-bond acceptors (Lipinski definition) is 2. The molecule has 100 valence electrons. The van der Waals surface area contributed by atoms with Gasteiger partial charge in [0.1, 0.15) is 17.3 Å². The second-order valence-corrected chi connectivity index (χ2v) is 5.56. The third kappa shape index (κ3) is 2.03. The first-order chi connectivity index (χ1) is 9.18. The third-order valence-electron chi connectivity index (χ3n) is 4.29. The summed E-state index contributed by atoms with van der Waals surface area (Å²) in [7, 11) is 2.04. The molecule has 0 saturated heterocycles. The number of nitrogens with zero attached hydrogens (tertiary/aromatic N) is 2. The second-order valence-electron chi connectivity index (χ2n) is 5.56. The fourth-order valence-electron chi connectivity index (χ4n) is 3.12. The molecule has 0 radical (unpaired) electrons. The van der Waals surface area contributed by atoms with Gasteiger partial charge in [-0.2, -0.15) is 0 Å². The number of nitrogens with two attached hydrogens (primary N) is 1. The van der Waals surface area contributed by atoms with E-state index >= 15 is 0 Å². The Kier molecular flexibility index (Phi) is 3.05. The van der Waals surface area contributed by atoms with E-state index in [1.807, 2.05) is 13.1 Å². The highest BCUT2D eigenvalue weighted by atomic mass is 15.1. The molecule has 1 heterocycles. The van der Waals surface area contributed by atoms with Crippen molar-refractivity contribution >= 4 is 5.82 Å². The van der Waals surface area contributed by atoms with Crippen molar-refractivity contribution in [3.63, 3.8) is 0 Å². The van der Waals surface area contributed by atoms with Crippen molar-refractivity contribution in [2.45, 2.75) is 38.5 Å². The number of rotatable bonds is 2. The highest BCUT2D eigenvalue weighted by molar-refractivity contribution is 5.73. The van der Waals surface area contributed by atoms with E-state index in [4.69, 9.17) is 10.7 Å². The lowest BCUT2D eigenvalue weighted by Crippen LogP contribution is -2.05. The number of aromatic nitrogens is 2. The zero-order valence-electron chi connectivity index (χ0n) is 11.7. The molecule has 3 rings (SSSR count). The monoisotopic (exact) mass is 255 g/mol. The summed E-state index contributed by atoms with van der Waals surface area (Å²) in [4.78, 5) is 4.86. The first-order valence-corrected chi connectivity index (χ1v) is 7.06. The first-order valence-electron chi connectivity index (χ1n) is 7.06. The second kappa shape index (κ2) is 4.72. The van der Waals surface area contributed by atoms with Crippen molar-refractivity contribution in [3.05, 3.63) is 35.7 Å². The number of imidazole rings is 1. The van der Waals surface area contributed by atoms with E-state index in [2.05, 4.69) is 29.7 Å². The SMILES string of the molecule is Cc1ccccc1-c1nc(C2CCCC2)n(C)c1N. The van der Waals surface area contributed by atoms with Crippen LogP contribution in [0.2, 0.25) is 0 Å². The van der Waals surface area contributed by atoms with E-state index in [1.165, 1.54) is 31.2 Å². The molecule has 2 N–H and O–H groups in total. The van der Waals surface area contributed by atoms with Gasteiger partial charge in [-0.1, -0.05) is 37.1 Å². The minimum absolute atomic E-state index is 0.588. The highest BCUT2D eigenvalue weighted by Crippen LogP contribution is 2.37. The fourth-order valence-corrected chi connectivity index (χ4v) is 3.12. The van der Waals surface area contributed by atoms with E-state index in [9.17, 15) is 0 Å². The van der Waals surface area contributed by atoms with E-state index in [0.29, 0.717) is 5.92 Å². The first kappa shape index (κ1) is 12.3. The summed E-state index contributed by atoms with van der Waals surface area (Å²) < 4.78 is 2.08. The molecule has 0 bridgehead atoms. The van der Waals surface area contributed by atoms with E-state index < -0.39 is 0 Å². The van der Waals surface area contributed by atoms with Gasteiger partial charge in [-0.05, 0) is 25.3 Å². The molecule has 1 saturated carbocycles. The minimum atomic E-state index is 0.588. The van der Waals surface area contributed by atoms with Crippen LogP contribution in [0.1, 0.15) is 43.0 Å². The molecule has 1 aliphatic rings. The summed E-state index contributed by atoms with van der Waals surface area (Å²) in [5.74, 6) is 2.54. The maximum atomic E-state index is 6.27. The molecule has 0 spiro atoms. The molecule has 0 unspecified atom stereocenters. The number of aryl methyl sites for hydroxylation is 1. The summed E-state index contributed by atoms with van der Waals surface area (Å²) in [5.41, 5.74) is 9.60. The summed E-state index contributed by atoms with van der Waals surface area (Å²) in [6.45, 7) is 2.11. The van der Waals surface area contributed by atoms with E-state index in [0.717, 1.165) is 22.9 Å². The maximum Gasteiger partial charge on any atom is 0.131 e. The number of hydrogen-bond donors (Lipinski definition) is 1. The molecule has 3 heteroatoms. The summed E-state index contributed by atoms with van der Waals surface area (Å²) in [5, 5.41) is 0. The van der Waals surface area contributed by atoms with Crippen molar-refractivity contribution in [1.82, 2.24) is 9.55 Å². The van der Waals surface area contributed by atoms with Crippen LogP contribution >= 0.6 is 0 Å². The van der Waals surface area contributed by atoms with Gasteiger partial charge < -0.3 is 10.3 Å². The topological polar surface area (TPSA) is 43.8 Å². The molecule has 0 aliphatic heterocycles. The smallest absolute Gasteiger partial charge is 0.131 e. The number of benzene rings is 1. The Hall–Kier alpha value is -1.77. The van der Waals surface area contributed by atoms with E-state index in [1.54, 1.807) is 0 Å². The quantitative estimate of drug-likeness (QED) is 0.890. The molecule has 1 aliphatic carbocycles. The average Bonchev–Trinajstić information content (AvgIpc) is 3.02.